The van der Waals surface area contributed by atoms with Crippen molar-refractivity contribution in [3.63, 3.8) is 0 Å². The van der Waals surface area contributed by atoms with Crippen LogP contribution in [0.15, 0.2) is 24.3 Å². The molecule has 0 heterocycles. The molecule has 0 spiro atoms. The Balaban J connectivity index is 0.000000423. The molecule has 82 valence electrons. The van der Waals surface area contributed by atoms with Crippen LogP contribution in [-0.2, 0) is 9.59 Å². The van der Waals surface area contributed by atoms with E-state index in [1.165, 1.54) is 31.2 Å². The third-order valence-electron chi connectivity index (χ3n) is 1.10. The number of aliphatic carboxylic acids is 1. The van der Waals surface area contributed by atoms with Gasteiger partial charge in [0.1, 0.15) is 11.5 Å². The zero-order valence-corrected chi connectivity index (χ0v) is 8.43. The summed E-state index contributed by atoms with van der Waals surface area (Å²) in [5, 5.41) is 16.3. The number of carbonyl (C=O) groups is 2. The van der Waals surface area contributed by atoms with Crippen molar-refractivity contribution in [1.82, 2.24) is 0 Å². The molecule has 0 aliphatic rings. The van der Waals surface area contributed by atoms with Gasteiger partial charge >= 0.3 is 5.97 Å². The first-order valence-electron chi connectivity index (χ1n) is 4.09. The van der Waals surface area contributed by atoms with Crippen molar-refractivity contribution in [2.24, 2.45) is 0 Å². The van der Waals surface area contributed by atoms with Crippen molar-refractivity contribution in [2.75, 3.05) is 0 Å². The van der Waals surface area contributed by atoms with Crippen molar-refractivity contribution in [2.45, 2.75) is 13.8 Å². The predicted molar refractivity (Wildman–Crippen MR) is 52.7 cm³/mol. The molecule has 0 unspecified atom stereocenters. The summed E-state index contributed by atoms with van der Waals surface area (Å²) in [5.41, 5.74) is 0. The number of esters is 1. The molecule has 2 N–H and O–H groups in total. The first kappa shape index (κ1) is 13.0. The van der Waals surface area contributed by atoms with E-state index in [9.17, 15) is 4.79 Å². The van der Waals surface area contributed by atoms with E-state index in [1.54, 1.807) is 0 Å². The SMILES string of the molecule is CC(=O)O.CC(=O)Oc1ccc(O)cc1. The normalized spacial score (nSPS) is 8.40. The summed E-state index contributed by atoms with van der Waals surface area (Å²) in [6, 6.07) is 5.96. The van der Waals surface area contributed by atoms with Crippen LogP contribution < -0.4 is 4.74 Å². The number of phenolic OH excluding ortho intramolecular Hbond substituents is 1. The molecule has 0 fully saturated rings. The summed E-state index contributed by atoms with van der Waals surface area (Å²) in [4.78, 5) is 19.4. The fourth-order valence-electron chi connectivity index (χ4n) is 0.680. The molecule has 5 nitrogen and oxygen atoms in total. The number of ether oxygens (including phenoxy) is 1. The highest BCUT2D eigenvalue weighted by atomic mass is 16.5. The lowest BCUT2D eigenvalue weighted by Gasteiger charge is -1.99. The molecule has 1 rings (SSSR count). The molecule has 0 bridgehead atoms. The molecule has 1 aromatic carbocycles. The van der Waals surface area contributed by atoms with Crippen molar-refractivity contribution < 1.29 is 24.5 Å². The van der Waals surface area contributed by atoms with Gasteiger partial charge in [0.05, 0.1) is 0 Å². The highest BCUT2D eigenvalue weighted by Crippen LogP contribution is 2.15. The Kier molecular flexibility index (Phi) is 5.55. The number of carboxylic acid groups (broad SMARTS) is 1. The van der Waals surface area contributed by atoms with Crippen LogP contribution in [0.25, 0.3) is 0 Å². The average molecular weight is 212 g/mol. The molecule has 0 radical (unpaired) electrons. The standard InChI is InChI=1S/C8H8O3.C2H4O2/c1-6(9)11-8-4-2-7(10)3-5-8;1-2(3)4/h2-5,10H,1H3;1H3,(H,3,4). The van der Waals surface area contributed by atoms with Gasteiger partial charge in [-0.1, -0.05) is 0 Å². The monoisotopic (exact) mass is 212 g/mol. The van der Waals surface area contributed by atoms with Crippen LogP contribution in [0.5, 0.6) is 11.5 Å². The van der Waals surface area contributed by atoms with Gasteiger partial charge in [-0.2, -0.15) is 0 Å². The molecule has 5 heteroatoms. The number of hydrogen-bond donors (Lipinski definition) is 2. The van der Waals surface area contributed by atoms with E-state index in [-0.39, 0.29) is 11.7 Å². The first-order chi connectivity index (χ1) is 6.91. The van der Waals surface area contributed by atoms with E-state index < -0.39 is 5.97 Å². The maximum Gasteiger partial charge on any atom is 0.308 e. The fraction of sp³-hybridized carbons (Fsp3) is 0.200. The highest BCUT2D eigenvalue weighted by molar-refractivity contribution is 5.69. The smallest absolute Gasteiger partial charge is 0.308 e. The summed E-state index contributed by atoms with van der Waals surface area (Å²) in [6.07, 6.45) is 0. The number of phenols is 1. The lowest BCUT2D eigenvalue weighted by molar-refractivity contribution is -0.134. The van der Waals surface area contributed by atoms with Gasteiger partial charge in [-0.05, 0) is 24.3 Å². The Labute approximate surface area is 86.9 Å². The second kappa shape index (κ2) is 6.42. The largest absolute Gasteiger partial charge is 0.508 e. The van der Waals surface area contributed by atoms with Gasteiger partial charge in [-0.3, -0.25) is 9.59 Å². The molecule has 0 aliphatic heterocycles. The Bertz CT molecular complexity index is 324. The van der Waals surface area contributed by atoms with Gasteiger partial charge in [-0.15, -0.1) is 0 Å². The molecule has 0 amide bonds. The Morgan fingerprint density at radius 2 is 1.53 bits per heavy atom. The van der Waals surface area contributed by atoms with Gasteiger partial charge in [0.15, 0.2) is 0 Å². The van der Waals surface area contributed by atoms with E-state index >= 15 is 0 Å². The molecular weight excluding hydrogens is 200 g/mol. The summed E-state index contributed by atoms with van der Waals surface area (Å²) >= 11 is 0. The second-order valence-electron chi connectivity index (χ2n) is 2.61. The van der Waals surface area contributed by atoms with E-state index in [0.29, 0.717) is 5.75 Å². The summed E-state index contributed by atoms with van der Waals surface area (Å²) in [6.45, 7) is 2.41. The maximum absolute atomic E-state index is 10.4. The summed E-state index contributed by atoms with van der Waals surface area (Å²) in [5.74, 6) is -0.605. The number of rotatable bonds is 1. The molecule has 0 aromatic heterocycles. The highest BCUT2D eigenvalue weighted by Gasteiger charge is 1.95. The quantitative estimate of drug-likeness (QED) is 0.543. The number of benzene rings is 1. The average Bonchev–Trinajstić information content (AvgIpc) is 2.07. The van der Waals surface area contributed by atoms with Crippen LogP contribution in [0.3, 0.4) is 0 Å². The zero-order chi connectivity index (χ0) is 11.8. The minimum atomic E-state index is -0.833. The van der Waals surface area contributed by atoms with Crippen molar-refractivity contribution >= 4 is 11.9 Å². The fourth-order valence-corrected chi connectivity index (χ4v) is 0.680. The Morgan fingerprint density at radius 1 is 1.13 bits per heavy atom. The van der Waals surface area contributed by atoms with Gasteiger partial charge in [0.2, 0.25) is 0 Å². The minimum absolute atomic E-state index is 0.154. The zero-order valence-electron chi connectivity index (χ0n) is 8.43. The van der Waals surface area contributed by atoms with Crippen LogP contribution in [0.2, 0.25) is 0 Å². The third kappa shape index (κ3) is 8.29. The van der Waals surface area contributed by atoms with Gasteiger partial charge < -0.3 is 14.9 Å². The number of hydrogen-bond acceptors (Lipinski definition) is 4. The summed E-state index contributed by atoms with van der Waals surface area (Å²) in [7, 11) is 0. The van der Waals surface area contributed by atoms with Gasteiger partial charge in [0.25, 0.3) is 5.97 Å². The van der Waals surface area contributed by atoms with Crippen LogP contribution in [0.4, 0.5) is 0 Å². The maximum atomic E-state index is 10.4. The van der Waals surface area contributed by atoms with Crippen molar-refractivity contribution in [1.29, 1.82) is 0 Å². The second-order valence-corrected chi connectivity index (χ2v) is 2.61. The first-order valence-corrected chi connectivity index (χ1v) is 4.09. The van der Waals surface area contributed by atoms with E-state index in [4.69, 9.17) is 19.7 Å². The van der Waals surface area contributed by atoms with E-state index in [1.807, 2.05) is 0 Å². The lowest BCUT2D eigenvalue weighted by atomic mass is 10.3. The molecule has 0 saturated carbocycles. The summed E-state index contributed by atoms with van der Waals surface area (Å²) < 4.78 is 4.72. The van der Waals surface area contributed by atoms with Crippen LogP contribution in [0.1, 0.15) is 13.8 Å². The molecule has 0 aliphatic carbocycles. The van der Waals surface area contributed by atoms with E-state index in [2.05, 4.69) is 0 Å². The van der Waals surface area contributed by atoms with Gasteiger partial charge in [-0.25, -0.2) is 0 Å². The predicted octanol–water partition coefficient (Wildman–Crippen LogP) is 1.41. The van der Waals surface area contributed by atoms with Crippen molar-refractivity contribution in [3.8, 4) is 11.5 Å². The molecule has 15 heavy (non-hydrogen) atoms. The lowest BCUT2D eigenvalue weighted by Crippen LogP contribution is -2.00. The molecule has 0 saturated heterocycles. The Hall–Kier alpha value is -2.04. The minimum Gasteiger partial charge on any atom is -0.508 e. The Morgan fingerprint density at radius 3 is 1.87 bits per heavy atom. The molecule has 0 atom stereocenters. The third-order valence-corrected chi connectivity index (χ3v) is 1.10. The number of aromatic hydroxyl groups is 1. The van der Waals surface area contributed by atoms with Gasteiger partial charge in [0, 0.05) is 13.8 Å². The van der Waals surface area contributed by atoms with Crippen LogP contribution in [-0.4, -0.2) is 22.2 Å². The topological polar surface area (TPSA) is 83.8 Å². The van der Waals surface area contributed by atoms with E-state index in [0.717, 1.165) is 6.92 Å². The number of carbonyl (C=O) groups excluding carboxylic acids is 1. The molecule has 1 aromatic rings. The van der Waals surface area contributed by atoms with Crippen LogP contribution in [0, 0.1) is 0 Å². The van der Waals surface area contributed by atoms with Crippen molar-refractivity contribution in [3.05, 3.63) is 24.3 Å². The molecular formula is C10H12O5. The number of carboxylic acids is 1. The van der Waals surface area contributed by atoms with Crippen LogP contribution >= 0.6 is 0 Å².